The second-order valence-corrected chi connectivity index (χ2v) is 11.4. The van der Waals surface area contributed by atoms with Crippen LogP contribution in [0.2, 0.25) is 5.02 Å². The van der Waals surface area contributed by atoms with Gasteiger partial charge in [0.1, 0.15) is 11.8 Å². The third-order valence-electron chi connectivity index (χ3n) is 5.59. The quantitative estimate of drug-likeness (QED) is 0.415. The van der Waals surface area contributed by atoms with Crippen LogP contribution in [0.4, 0.5) is 5.69 Å². The molecular formula is C26H36ClN3O5S. The Morgan fingerprint density at radius 3 is 2.39 bits per heavy atom. The van der Waals surface area contributed by atoms with Gasteiger partial charge in [0.05, 0.1) is 19.1 Å². The number of carbonyl (C=O) groups is 2. The summed E-state index contributed by atoms with van der Waals surface area (Å²) in [6, 6.07) is 13.2. The fourth-order valence-corrected chi connectivity index (χ4v) is 4.78. The van der Waals surface area contributed by atoms with Crippen molar-refractivity contribution in [3.05, 3.63) is 59.1 Å². The lowest BCUT2D eigenvalue weighted by Gasteiger charge is -2.30. The molecule has 0 spiro atoms. The Labute approximate surface area is 219 Å². The van der Waals surface area contributed by atoms with Crippen molar-refractivity contribution in [3.8, 4) is 5.75 Å². The van der Waals surface area contributed by atoms with Gasteiger partial charge in [-0.25, -0.2) is 8.42 Å². The highest BCUT2D eigenvalue weighted by atomic mass is 35.5. The van der Waals surface area contributed by atoms with Crippen LogP contribution in [0.15, 0.2) is 48.5 Å². The van der Waals surface area contributed by atoms with Crippen molar-refractivity contribution in [1.29, 1.82) is 0 Å². The Bertz CT molecular complexity index is 1140. The van der Waals surface area contributed by atoms with Gasteiger partial charge in [-0.1, -0.05) is 43.6 Å². The number of nitrogens with one attached hydrogen (secondary N) is 1. The standard InChI is InChI=1S/C26H36ClN3O5S/c1-19(2)17-28-26(32)20(3)29(18-21-9-6-12-24(15-21)35-4)25(31)13-8-14-30(36(5,33)34)23-11-7-10-22(27)16-23/h6-7,9-12,15-16,19-20H,8,13-14,17-18H2,1-5H3,(H,28,32)/t20-/m1/s1. The molecule has 0 unspecified atom stereocenters. The SMILES string of the molecule is COc1cccc(CN(C(=O)CCCN(c2cccc(Cl)c2)S(C)(=O)=O)[C@H](C)C(=O)NCC(C)C)c1. The van der Waals surface area contributed by atoms with Crippen LogP contribution in [0, 0.1) is 5.92 Å². The fourth-order valence-electron chi connectivity index (χ4n) is 3.64. The molecule has 2 aromatic carbocycles. The Hall–Kier alpha value is -2.78. The molecule has 8 nitrogen and oxygen atoms in total. The minimum absolute atomic E-state index is 0.0678. The molecule has 2 aromatic rings. The number of ether oxygens (including phenoxy) is 1. The number of nitrogens with zero attached hydrogens (tertiary/aromatic N) is 2. The van der Waals surface area contributed by atoms with Crippen molar-refractivity contribution in [1.82, 2.24) is 10.2 Å². The van der Waals surface area contributed by atoms with E-state index >= 15 is 0 Å². The highest BCUT2D eigenvalue weighted by Gasteiger charge is 2.27. The van der Waals surface area contributed by atoms with E-state index in [0.717, 1.165) is 11.8 Å². The van der Waals surface area contributed by atoms with Crippen molar-refractivity contribution in [2.24, 2.45) is 5.92 Å². The Morgan fingerprint density at radius 2 is 1.78 bits per heavy atom. The monoisotopic (exact) mass is 537 g/mol. The van der Waals surface area contributed by atoms with Gasteiger partial charge in [-0.05, 0) is 55.2 Å². The second kappa shape index (κ2) is 13.5. The topological polar surface area (TPSA) is 96.0 Å². The number of rotatable bonds is 13. The molecule has 198 valence electrons. The van der Waals surface area contributed by atoms with Crippen molar-refractivity contribution in [3.63, 3.8) is 0 Å². The van der Waals surface area contributed by atoms with Crippen LogP contribution < -0.4 is 14.4 Å². The van der Waals surface area contributed by atoms with E-state index < -0.39 is 16.1 Å². The van der Waals surface area contributed by atoms with E-state index in [9.17, 15) is 18.0 Å². The largest absolute Gasteiger partial charge is 0.497 e. The molecule has 2 rings (SSSR count). The molecule has 0 radical (unpaired) electrons. The van der Waals surface area contributed by atoms with Crippen LogP contribution in [0.1, 0.15) is 39.2 Å². The zero-order valence-electron chi connectivity index (χ0n) is 21.5. The van der Waals surface area contributed by atoms with Gasteiger partial charge >= 0.3 is 0 Å². The van der Waals surface area contributed by atoms with Gasteiger partial charge in [-0.15, -0.1) is 0 Å². The molecule has 0 aliphatic rings. The number of benzene rings is 2. The maximum absolute atomic E-state index is 13.3. The average molecular weight is 538 g/mol. The van der Waals surface area contributed by atoms with Crippen LogP contribution in [0.5, 0.6) is 5.75 Å². The van der Waals surface area contributed by atoms with E-state index in [-0.39, 0.29) is 43.7 Å². The number of anilines is 1. The number of sulfonamides is 1. The zero-order valence-corrected chi connectivity index (χ0v) is 23.1. The third kappa shape index (κ3) is 9.02. The van der Waals surface area contributed by atoms with Crippen molar-refractivity contribution in [2.45, 2.75) is 46.2 Å². The molecular weight excluding hydrogens is 502 g/mol. The smallest absolute Gasteiger partial charge is 0.242 e. The summed E-state index contributed by atoms with van der Waals surface area (Å²) in [7, 11) is -2.02. The summed E-state index contributed by atoms with van der Waals surface area (Å²) in [6.45, 7) is 6.52. The Balaban J connectivity index is 2.18. The van der Waals surface area contributed by atoms with Gasteiger partial charge in [0.15, 0.2) is 0 Å². The van der Waals surface area contributed by atoms with Gasteiger partial charge in [-0.2, -0.15) is 0 Å². The molecule has 0 aromatic heterocycles. The summed E-state index contributed by atoms with van der Waals surface area (Å²) in [5.41, 5.74) is 1.26. The molecule has 0 saturated heterocycles. The van der Waals surface area contributed by atoms with Crippen LogP contribution in [0.3, 0.4) is 0 Å². The normalized spacial score (nSPS) is 12.2. The van der Waals surface area contributed by atoms with Crippen LogP contribution >= 0.6 is 11.6 Å². The average Bonchev–Trinajstić information content (AvgIpc) is 2.82. The maximum atomic E-state index is 13.3. The Kier molecular flexibility index (Phi) is 11.0. The minimum atomic E-state index is -3.58. The predicted octanol–water partition coefficient (Wildman–Crippen LogP) is 4.08. The van der Waals surface area contributed by atoms with Crippen LogP contribution in [-0.4, -0.2) is 57.6 Å². The first kappa shape index (κ1) is 29.5. The van der Waals surface area contributed by atoms with Crippen molar-refractivity contribution < 1.29 is 22.7 Å². The number of methoxy groups -OCH3 is 1. The lowest BCUT2D eigenvalue weighted by Crippen LogP contribution is -2.48. The van der Waals surface area contributed by atoms with Gasteiger partial charge in [-0.3, -0.25) is 13.9 Å². The number of hydrogen-bond acceptors (Lipinski definition) is 5. The van der Waals surface area contributed by atoms with Crippen LogP contribution in [-0.2, 0) is 26.2 Å². The summed E-state index contributed by atoms with van der Waals surface area (Å²) in [4.78, 5) is 27.7. The first-order chi connectivity index (χ1) is 16.9. The number of hydrogen-bond donors (Lipinski definition) is 1. The highest BCUT2D eigenvalue weighted by Crippen LogP contribution is 2.23. The lowest BCUT2D eigenvalue weighted by molar-refractivity contribution is -0.140. The molecule has 2 amide bonds. The predicted molar refractivity (Wildman–Crippen MR) is 144 cm³/mol. The van der Waals surface area contributed by atoms with Crippen molar-refractivity contribution >= 4 is 39.1 Å². The van der Waals surface area contributed by atoms with Crippen LogP contribution in [0.25, 0.3) is 0 Å². The van der Waals surface area contributed by atoms with E-state index in [1.165, 1.54) is 9.21 Å². The number of amides is 2. The lowest BCUT2D eigenvalue weighted by atomic mass is 10.1. The first-order valence-corrected chi connectivity index (χ1v) is 14.1. The highest BCUT2D eigenvalue weighted by molar-refractivity contribution is 7.92. The molecule has 1 atom stereocenters. The molecule has 0 saturated carbocycles. The maximum Gasteiger partial charge on any atom is 0.242 e. The van der Waals surface area contributed by atoms with Crippen molar-refractivity contribution in [2.75, 3.05) is 30.8 Å². The molecule has 0 fully saturated rings. The van der Waals surface area contributed by atoms with Gasteiger partial charge in [0.2, 0.25) is 21.8 Å². The van der Waals surface area contributed by atoms with E-state index in [4.69, 9.17) is 16.3 Å². The number of carbonyl (C=O) groups excluding carboxylic acids is 2. The first-order valence-electron chi connectivity index (χ1n) is 11.9. The molecule has 36 heavy (non-hydrogen) atoms. The number of halogens is 1. The molecule has 0 heterocycles. The second-order valence-electron chi connectivity index (χ2n) is 9.11. The molecule has 0 bridgehead atoms. The zero-order chi connectivity index (χ0) is 26.9. The summed E-state index contributed by atoms with van der Waals surface area (Å²) in [6.07, 6.45) is 1.46. The summed E-state index contributed by atoms with van der Waals surface area (Å²) in [5.74, 6) is 0.445. The third-order valence-corrected chi connectivity index (χ3v) is 7.02. The molecule has 0 aliphatic heterocycles. The summed E-state index contributed by atoms with van der Waals surface area (Å²) in [5, 5.41) is 3.31. The van der Waals surface area contributed by atoms with E-state index in [1.807, 2.05) is 38.1 Å². The van der Waals surface area contributed by atoms with E-state index in [2.05, 4.69) is 5.32 Å². The molecule has 0 aliphatic carbocycles. The molecule has 10 heteroatoms. The van der Waals surface area contributed by atoms with E-state index in [1.54, 1.807) is 38.3 Å². The summed E-state index contributed by atoms with van der Waals surface area (Å²) >= 11 is 6.04. The van der Waals surface area contributed by atoms with Gasteiger partial charge in [0, 0.05) is 31.1 Å². The van der Waals surface area contributed by atoms with E-state index in [0.29, 0.717) is 23.0 Å². The molecule has 1 N–H and O–H groups in total. The van der Waals surface area contributed by atoms with Gasteiger partial charge < -0.3 is 15.0 Å². The summed E-state index contributed by atoms with van der Waals surface area (Å²) < 4.78 is 31.3. The van der Waals surface area contributed by atoms with Gasteiger partial charge in [0.25, 0.3) is 0 Å². The fraction of sp³-hybridized carbons (Fsp3) is 0.462. The minimum Gasteiger partial charge on any atom is -0.497 e. The Morgan fingerprint density at radius 1 is 1.08 bits per heavy atom.